The van der Waals surface area contributed by atoms with Crippen LogP contribution in [0.3, 0.4) is 0 Å². The van der Waals surface area contributed by atoms with Crippen molar-refractivity contribution >= 4 is 27.6 Å². The Balaban J connectivity index is 1.70. The van der Waals surface area contributed by atoms with Gasteiger partial charge >= 0.3 is 11.8 Å². The monoisotopic (exact) mass is 466 g/mol. The summed E-state index contributed by atoms with van der Waals surface area (Å²) in [6, 6.07) is 13.1. The number of nitriles is 1. The van der Waals surface area contributed by atoms with Gasteiger partial charge in [0.2, 0.25) is 0 Å². The first-order chi connectivity index (χ1) is 15.7. The summed E-state index contributed by atoms with van der Waals surface area (Å²) in [4.78, 5) is 41.6. The molecule has 0 atom stereocenters. The number of likely N-dealkylation sites (tertiary alicyclic amines) is 1. The van der Waals surface area contributed by atoms with Crippen LogP contribution in [0.1, 0.15) is 39.7 Å². The molecule has 1 fully saturated rings. The van der Waals surface area contributed by atoms with Gasteiger partial charge in [-0.25, -0.2) is 9.59 Å². The largest absolute Gasteiger partial charge is 0.444 e. The lowest BCUT2D eigenvalue weighted by Gasteiger charge is -2.33. The van der Waals surface area contributed by atoms with E-state index in [1.54, 1.807) is 4.90 Å². The van der Waals surface area contributed by atoms with E-state index < -0.39 is 17.4 Å². The second-order valence-electron chi connectivity index (χ2n) is 9.09. The highest BCUT2D eigenvalue weighted by molar-refractivity contribution is 7.22. The van der Waals surface area contributed by atoms with E-state index in [4.69, 9.17) is 4.74 Å². The van der Waals surface area contributed by atoms with E-state index in [0.29, 0.717) is 36.1 Å². The number of benzene rings is 1. The lowest BCUT2D eigenvalue weighted by molar-refractivity contribution is 0.0186. The Morgan fingerprint density at radius 3 is 2.45 bits per heavy atom. The molecule has 0 unspecified atom stereocenters. The third kappa shape index (κ3) is 4.57. The maximum absolute atomic E-state index is 13.4. The molecule has 3 aromatic rings. The average molecular weight is 467 g/mol. The van der Waals surface area contributed by atoms with Gasteiger partial charge in [0.15, 0.2) is 0 Å². The van der Waals surface area contributed by atoms with Crippen LogP contribution in [0, 0.1) is 11.3 Å². The van der Waals surface area contributed by atoms with Gasteiger partial charge in [-0.2, -0.15) is 5.26 Å². The van der Waals surface area contributed by atoms with Gasteiger partial charge in [0.1, 0.15) is 16.8 Å². The number of hydrogen-bond donors (Lipinski definition) is 0. The highest BCUT2D eigenvalue weighted by Gasteiger charge is 2.30. The highest BCUT2D eigenvalue weighted by Crippen LogP contribution is 2.32. The topological polar surface area (TPSA) is 97.3 Å². The minimum atomic E-state index is -0.587. The molecule has 1 aliphatic heterocycles. The van der Waals surface area contributed by atoms with Crippen molar-refractivity contribution in [2.24, 2.45) is 0 Å². The van der Waals surface area contributed by atoms with Crippen molar-refractivity contribution in [3.63, 3.8) is 0 Å². The first-order valence-electron chi connectivity index (χ1n) is 10.9. The van der Waals surface area contributed by atoms with Crippen LogP contribution < -0.4 is 11.2 Å². The predicted molar refractivity (Wildman–Crippen MR) is 127 cm³/mol. The fourth-order valence-electron chi connectivity index (χ4n) is 4.09. The average Bonchev–Trinajstić information content (AvgIpc) is 3.22. The molecule has 1 amide bonds. The van der Waals surface area contributed by atoms with Gasteiger partial charge in [-0.1, -0.05) is 30.3 Å². The molecule has 1 aromatic carbocycles. The van der Waals surface area contributed by atoms with Crippen LogP contribution in [0.5, 0.6) is 0 Å². The first-order valence-corrected chi connectivity index (χ1v) is 11.7. The molecule has 4 rings (SSSR count). The van der Waals surface area contributed by atoms with Crippen molar-refractivity contribution < 1.29 is 9.53 Å². The zero-order valence-electron chi connectivity index (χ0n) is 18.9. The maximum atomic E-state index is 13.4. The van der Waals surface area contributed by atoms with Crippen LogP contribution in [0.4, 0.5) is 4.79 Å². The molecule has 8 nitrogen and oxygen atoms in total. The number of thiophene rings is 1. The molecule has 1 aliphatic rings. The minimum Gasteiger partial charge on any atom is -0.444 e. The van der Waals surface area contributed by atoms with Crippen LogP contribution in [-0.4, -0.2) is 38.8 Å². The van der Waals surface area contributed by atoms with Crippen LogP contribution in [0.2, 0.25) is 0 Å². The Bertz CT molecular complexity index is 1330. The fourth-order valence-corrected chi connectivity index (χ4v) is 5.19. The Morgan fingerprint density at radius 1 is 1.18 bits per heavy atom. The Kier molecular flexibility index (Phi) is 6.13. The van der Waals surface area contributed by atoms with Crippen molar-refractivity contribution in [2.45, 2.75) is 51.8 Å². The second-order valence-corrected chi connectivity index (χ2v) is 10.1. The molecule has 3 heterocycles. The molecule has 2 aromatic heterocycles. The molecule has 0 N–H and O–H groups in total. The van der Waals surface area contributed by atoms with Crippen molar-refractivity contribution in [1.29, 1.82) is 5.26 Å². The van der Waals surface area contributed by atoms with Gasteiger partial charge in [0.25, 0.3) is 5.56 Å². The van der Waals surface area contributed by atoms with E-state index in [-0.39, 0.29) is 18.1 Å². The van der Waals surface area contributed by atoms with E-state index in [1.165, 1.54) is 20.5 Å². The van der Waals surface area contributed by atoms with Gasteiger partial charge in [0.05, 0.1) is 11.6 Å². The minimum absolute atomic E-state index is 0.142. The predicted octanol–water partition coefficient (Wildman–Crippen LogP) is 3.99. The van der Waals surface area contributed by atoms with Gasteiger partial charge in [-0.3, -0.25) is 13.9 Å². The molecule has 0 radical (unpaired) electrons. The molecule has 0 spiro atoms. The van der Waals surface area contributed by atoms with E-state index >= 15 is 0 Å². The fraction of sp³-hybridized carbons (Fsp3) is 0.417. The van der Waals surface area contributed by atoms with Crippen LogP contribution in [0.15, 0.2) is 46.0 Å². The summed E-state index contributed by atoms with van der Waals surface area (Å²) in [7, 11) is 0. The number of fused-ring (bicyclic) bond motifs is 1. The number of hydrogen-bond acceptors (Lipinski definition) is 6. The lowest BCUT2D eigenvalue weighted by Crippen LogP contribution is -2.47. The number of piperidine rings is 1. The van der Waals surface area contributed by atoms with Crippen LogP contribution >= 0.6 is 11.3 Å². The number of rotatable bonds is 3. The molecule has 1 saturated heterocycles. The van der Waals surface area contributed by atoms with Gasteiger partial charge in [0, 0.05) is 24.0 Å². The quantitative estimate of drug-likeness (QED) is 0.581. The summed E-state index contributed by atoms with van der Waals surface area (Å²) in [5.74, 6) is 0. The number of aromatic nitrogens is 2. The molecule has 0 aliphatic carbocycles. The number of amides is 1. The smallest absolute Gasteiger partial charge is 0.410 e. The molecule has 0 bridgehead atoms. The molecule has 9 heteroatoms. The van der Waals surface area contributed by atoms with Crippen molar-refractivity contribution in [2.75, 3.05) is 13.1 Å². The highest BCUT2D eigenvalue weighted by atomic mass is 32.1. The Hall–Kier alpha value is -3.38. The lowest BCUT2D eigenvalue weighted by atomic mass is 10.1. The summed E-state index contributed by atoms with van der Waals surface area (Å²) >= 11 is 1.33. The number of ether oxygens (including phenoxy) is 1. The standard InChI is InChI=1S/C24H26N4O4S/c1-24(2,3)32-23(31)26-12-9-17(10-13-26)28-21(29)20-18(27(14-11-25)22(28)30)15-19(33-20)16-7-5-4-6-8-16/h4-8,15,17H,9-10,12-14H2,1-3H3. The zero-order chi connectivity index (χ0) is 23.8. The molecule has 172 valence electrons. The van der Waals surface area contributed by atoms with Gasteiger partial charge in [-0.15, -0.1) is 11.3 Å². The van der Waals surface area contributed by atoms with Gasteiger partial charge in [-0.05, 0) is 45.2 Å². The Morgan fingerprint density at radius 2 is 1.85 bits per heavy atom. The summed E-state index contributed by atoms with van der Waals surface area (Å²) in [5.41, 5.74) is 0.0229. The van der Waals surface area contributed by atoms with E-state index in [0.717, 1.165) is 10.4 Å². The summed E-state index contributed by atoms with van der Waals surface area (Å²) in [6.45, 7) is 6.08. The first kappa shape index (κ1) is 22.8. The molecular weight excluding hydrogens is 440 g/mol. The van der Waals surface area contributed by atoms with Crippen molar-refractivity contribution in [3.8, 4) is 16.5 Å². The maximum Gasteiger partial charge on any atom is 0.410 e. The normalized spacial score (nSPS) is 14.9. The summed E-state index contributed by atoms with van der Waals surface area (Å²) < 4.78 is 8.54. The van der Waals surface area contributed by atoms with Gasteiger partial charge < -0.3 is 9.64 Å². The molecule has 33 heavy (non-hydrogen) atoms. The number of nitrogens with zero attached hydrogens (tertiary/aromatic N) is 4. The molecule has 0 saturated carbocycles. The summed E-state index contributed by atoms with van der Waals surface area (Å²) in [5, 5.41) is 9.33. The third-order valence-electron chi connectivity index (χ3n) is 5.62. The molecular formula is C24H26N4O4S. The number of carbonyl (C=O) groups is 1. The summed E-state index contributed by atoms with van der Waals surface area (Å²) in [6.07, 6.45) is 0.531. The van der Waals surface area contributed by atoms with Crippen LogP contribution in [-0.2, 0) is 11.3 Å². The van der Waals surface area contributed by atoms with Crippen LogP contribution in [0.25, 0.3) is 20.7 Å². The van der Waals surface area contributed by atoms with Crippen molar-refractivity contribution in [1.82, 2.24) is 14.0 Å². The van der Waals surface area contributed by atoms with E-state index in [1.807, 2.05) is 63.2 Å². The SMILES string of the molecule is CC(C)(C)OC(=O)N1CCC(n2c(=O)c3sc(-c4ccccc4)cc3n(CC#N)c2=O)CC1. The second kappa shape index (κ2) is 8.87. The third-order valence-corrected chi connectivity index (χ3v) is 6.78. The van der Waals surface area contributed by atoms with Crippen molar-refractivity contribution in [3.05, 3.63) is 57.2 Å². The zero-order valence-corrected chi connectivity index (χ0v) is 19.7. The van der Waals surface area contributed by atoms with E-state index in [9.17, 15) is 19.6 Å². The van der Waals surface area contributed by atoms with E-state index in [2.05, 4.69) is 0 Å². The Labute approximate surface area is 195 Å². The number of carbonyl (C=O) groups excluding carboxylic acids is 1.